The predicted octanol–water partition coefficient (Wildman–Crippen LogP) is 2.74. The van der Waals surface area contributed by atoms with Gasteiger partial charge in [-0.15, -0.1) is 0 Å². The second-order valence-corrected chi connectivity index (χ2v) is 5.90. The molecule has 5 nitrogen and oxygen atoms in total. The molecule has 0 saturated heterocycles. The van der Waals surface area contributed by atoms with Gasteiger partial charge in [0.15, 0.2) is 0 Å². The van der Waals surface area contributed by atoms with Crippen molar-refractivity contribution in [1.29, 1.82) is 0 Å². The van der Waals surface area contributed by atoms with E-state index in [1.54, 1.807) is 13.3 Å². The van der Waals surface area contributed by atoms with Crippen molar-refractivity contribution < 1.29 is 9.84 Å². The van der Waals surface area contributed by atoms with E-state index in [4.69, 9.17) is 4.74 Å². The standard InChI is InChI=1S/C13H20BrN3O2/c1-19-11-10(14)8-15-12(17-11)16-9-13(18)6-4-2-3-5-7-13/h8,18H,2-7,9H2,1H3,(H,15,16,17). The van der Waals surface area contributed by atoms with E-state index >= 15 is 0 Å². The molecular weight excluding hydrogens is 310 g/mol. The van der Waals surface area contributed by atoms with E-state index in [0.29, 0.717) is 22.8 Å². The van der Waals surface area contributed by atoms with Crippen LogP contribution in [0.3, 0.4) is 0 Å². The maximum absolute atomic E-state index is 10.5. The Morgan fingerprint density at radius 3 is 2.68 bits per heavy atom. The Kier molecular flexibility index (Phi) is 4.99. The smallest absolute Gasteiger partial charge is 0.232 e. The number of ether oxygens (including phenoxy) is 1. The van der Waals surface area contributed by atoms with E-state index < -0.39 is 5.60 Å². The molecule has 19 heavy (non-hydrogen) atoms. The molecule has 6 heteroatoms. The van der Waals surface area contributed by atoms with Crippen molar-refractivity contribution in [3.8, 4) is 5.88 Å². The second-order valence-electron chi connectivity index (χ2n) is 5.04. The number of aliphatic hydroxyl groups is 1. The Hall–Kier alpha value is -0.880. The Bertz CT molecular complexity index is 420. The molecule has 2 rings (SSSR count). The number of hydrogen-bond acceptors (Lipinski definition) is 5. The van der Waals surface area contributed by atoms with Gasteiger partial charge in [-0.1, -0.05) is 25.7 Å². The molecule has 2 N–H and O–H groups in total. The van der Waals surface area contributed by atoms with Gasteiger partial charge in [-0.2, -0.15) is 4.98 Å². The Morgan fingerprint density at radius 2 is 2.05 bits per heavy atom. The first-order valence-corrected chi connectivity index (χ1v) is 7.45. The van der Waals surface area contributed by atoms with Crippen molar-refractivity contribution in [2.24, 2.45) is 0 Å². The third-order valence-electron chi connectivity index (χ3n) is 3.52. The number of aromatic nitrogens is 2. The fourth-order valence-electron chi connectivity index (χ4n) is 2.39. The molecule has 1 aliphatic rings. The van der Waals surface area contributed by atoms with E-state index in [1.165, 1.54) is 12.8 Å². The van der Waals surface area contributed by atoms with Crippen molar-refractivity contribution in [3.63, 3.8) is 0 Å². The van der Waals surface area contributed by atoms with Gasteiger partial charge in [-0.3, -0.25) is 0 Å². The lowest BCUT2D eigenvalue weighted by molar-refractivity contribution is 0.0379. The zero-order valence-corrected chi connectivity index (χ0v) is 12.7. The Balaban J connectivity index is 1.97. The summed E-state index contributed by atoms with van der Waals surface area (Å²) >= 11 is 3.31. The number of rotatable bonds is 4. The highest BCUT2D eigenvalue weighted by Crippen LogP contribution is 2.27. The number of methoxy groups -OCH3 is 1. The number of hydrogen-bond donors (Lipinski definition) is 2. The van der Waals surface area contributed by atoms with Crippen LogP contribution in [0.5, 0.6) is 5.88 Å². The van der Waals surface area contributed by atoms with Crippen molar-refractivity contribution in [2.45, 2.75) is 44.1 Å². The van der Waals surface area contributed by atoms with Crippen LogP contribution in [0.15, 0.2) is 10.7 Å². The van der Waals surface area contributed by atoms with Gasteiger partial charge in [0.25, 0.3) is 0 Å². The van der Waals surface area contributed by atoms with Crippen LogP contribution in [0.4, 0.5) is 5.95 Å². The topological polar surface area (TPSA) is 67.3 Å². The minimum absolute atomic E-state index is 0.484. The van der Waals surface area contributed by atoms with Crippen LogP contribution in [0.2, 0.25) is 0 Å². The summed E-state index contributed by atoms with van der Waals surface area (Å²) in [4.78, 5) is 8.39. The number of anilines is 1. The maximum atomic E-state index is 10.5. The van der Waals surface area contributed by atoms with Crippen LogP contribution < -0.4 is 10.1 Å². The van der Waals surface area contributed by atoms with Crippen molar-refractivity contribution >= 4 is 21.9 Å². The molecular formula is C13H20BrN3O2. The summed E-state index contributed by atoms with van der Waals surface area (Å²) in [6.45, 7) is 0.484. The van der Waals surface area contributed by atoms with Gasteiger partial charge in [-0.25, -0.2) is 4.98 Å². The number of nitrogens with one attached hydrogen (secondary N) is 1. The third-order valence-corrected chi connectivity index (χ3v) is 4.06. The lowest BCUT2D eigenvalue weighted by Crippen LogP contribution is -2.36. The largest absolute Gasteiger partial charge is 0.480 e. The van der Waals surface area contributed by atoms with E-state index in [9.17, 15) is 5.11 Å². The summed E-state index contributed by atoms with van der Waals surface area (Å²) in [6, 6.07) is 0. The van der Waals surface area contributed by atoms with Gasteiger partial charge in [-0.05, 0) is 28.8 Å². The molecule has 1 saturated carbocycles. The van der Waals surface area contributed by atoms with Crippen LogP contribution in [0.1, 0.15) is 38.5 Å². The summed E-state index contributed by atoms with van der Waals surface area (Å²) in [5, 5.41) is 13.6. The summed E-state index contributed by atoms with van der Waals surface area (Å²) in [5.41, 5.74) is -0.639. The first-order valence-electron chi connectivity index (χ1n) is 6.66. The molecule has 0 bridgehead atoms. The van der Waals surface area contributed by atoms with Crippen LogP contribution in [0.25, 0.3) is 0 Å². The van der Waals surface area contributed by atoms with Crippen LogP contribution in [-0.4, -0.2) is 34.3 Å². The Morgan fingerprint density at radius 1 is 1.37 bits per heavy atom. The van der Waals surface area contributed by atoms with E-state index in [-0.39, 0.29) is 0 Å². The zero-order valence-electron chi connectivity index (χ0n) is 11.2. The molecule has 0 aliphatic heterocycles. The lowest BCUT2D eigenvalue weighted by Gasteiger charge is -2.26. The third kappa shape index (κ3) is 4.04. The van der Waals surface area contributed by atoms with Gasteiger partial charge in [0, 0.05) is 6.54 Å². The molecule has 106 valence electrons. The van der Waals surface area contributed by atoms with Crippen LogP contribution in [-0.2, 0) is 0 Å². The average molecular weight is 330 g/mol. The van der Waals surface area contributed by atoms with E-state index in [1.807, 2.05) is 0 Å². The lowest BCUT2D eigenvalue weighted by atomic mass is 9.95. The molecule has 1 aromatic heterocycles. The highest BCUT2D eigenvalue weighted by molar-refractivity contribution is 9.10. The fourth-order valence-corrected chi connectivity index (χ4v) is 2.74. The fraction of sp³-hybridized carbons (Fsp3) is 0.692. The summed E-state index contributed by atoms with van der Waals surface area (Å²) in [6.07, 6.45) is 7.92. The summed E-state index contributed by atoms with van der Waals surface area (Å²) in [5.74, 6) is 0.975. The number of halogens is 1. The highest BCUT2D eigenvalue weighted by atomic mass is 79.9. The monoisotopic (exact) mass is 329 g/mol. The van der Waals surface area contributed by atoms with Crippen LogP contribution in [0, 0.1) is 0 Å². The van der Waals surface area contributed by atoms with Gasteiger partial charge >= 0.3 is 0 Å². The normalized spacial score (nSPS) is 18.7. The second kappa shape index (κ2) is 6.52. The van der Waals surface area contributed by atoms with E-state index in [0.717, 1.165) is 25.7 Å². The molecule has 0 aromatic carbocycles. The number of nitrogens with zero attached hydrogens (tertiary/aromatic N) is 2. The van der Waals surface area contributed by atoms with Gasteiger partial charge < -0.3 is 15.2 Å². The first kappa shape index (κ1) is 14.5. The first-order chi connectivity index (χ1) is 9.13. The minimum atomic E-state index is -0.639. The molecule has 1 heterocycles. The SMILES string of the molecule is COc1nc(NCC2(O)CCCCCC2)ncc1Br. The van der Waals surface area contributed by atoms with Gasteiger partial charge in [0.05, 0.1) is 23.4 Å². The zero-order chi connectivity index (χ0) is 13.7. The Labute approximate surface area is 121 Å². The van der Waals surface area contributed by atoms with Gasteiger partial charge in [0.1, 0.15) is 0 Å². The van der Waals surface area contributed by atoms with Crippen molar-refractivity contribution in [3.05, 3.63) is 10.7 Å². The molecule has 0 radical (unpaired) electrons. The average Bonchev–Trinajstić information content (AvgIpc) is 2.63. The molecule has 1 fully saturated rings. The van der Waals surface area contributed by atoms with Crippen LogP contribution >= 0.6 is 15.9 Å². The molecule has 1 aromatic rings. The van der Waals surface area contributed by atoms with Crippen molar-refractivity contribution in [1.82, 2.24) is 9.97 Å². The molecule has 0 amide bonds. The summed E-state index contributed by atoms with van der Waals surface area (Å²) in [7, 11) is 1.57. The predicted molar refractivity (Wildman–Crippen MR) is 77.4 cm³/mol. The van der Waals surface area contributed by atoms with Crippen molar-refractivity contribution in [2.75, 3.05) is 19.0 Å². The summed E-state index contributed by atoms with van der Waals surface area (Å²) < 4.78 is 5.84. The minimum Gasteiger partial charge on any atom is -0.480 e. The molecule has 0 spiro atoms. The van der Waals surface area contributed by atoms with Gasteiger partial charge in [0.2, 0.25) is 11.8 Å². The maximum Gasteiger partial charge on any atom is 0.232 e. The molecule has 0 atom stereocenters. The highest BCUT2D eigenvalue weighted by Gasteiger charge is 2.27. The molecule has 0 unspecified atom stereocenters. The quantitative estimate of drug-likeness (QED) is 0.831. The van der Waals surface area contributed by atoms with E-state index in [2.05, 4.69) is 31.2 Å². The molecule has 1 aliphatic carbocycles.